The first-order valence-electron chi connectivity index (χ1n) is 5.50. The number of anilines is 1. The van der Waals surface area contributed by atoms with Crippen LogP contribution in [-0.4, -0.2) is 19.6 Å². The predicted octanol–water partition coefficient (Wildman–Crippen LogP) is 2.36. The molecule has 0 heterocycles. The van der Waals surface area contributed by atoms with Crippen LogP contribution in [-0.2, 0) is 6.18 Å². The predicted molar refractivity (Wildman–Crippen MR) is 63.1 cm³/mol. The van der Waals surface area contributed by atoms with Gasteiger partial charge in [-0.15, -0.1) is 0 Å². The highest BCUT2D eigenvalue weighted by molar-refractivity contribution is 5.55. The van der Waals surface area contributed by atoms with E-state index >= 15 is 0 Å². The molecule has 0 amide bonds. The van der Waals surface area contributed by atoms with Gasteiger partial charge in [0.2, 0.25) is 0 Å². The van der Waals surface area contributed by atoms with Gasteiger partial charge in [-0.1, -0.05) is 0 Å². The van der Waals surface area contributed by atoms with Crippen LogP contribution in [0.25, 0.3) is 0 Å². The Morgan fingerprint density at radius 2 is 2.06 bits per heavy atom. The largest absolute Gasteiger partial charge is 0.417 e. The minimum atomic E-state index is -4.51. The summed E-state index contributed by atoms with van der Waals surface area (Å²) in [4.78, 5) is 1.82. The van der Waals surface area contributed by atoms with Crippen LogP contribution < -0.4 is 10.6 Å². The lowest BCUT2D eigenvalue weighted by Gasteiger charge is -2.23. The van der Waals surface area contributed by atoms with E-state index in [9.17, 15) is 13.2 Å². The molecule has 0 saturated heterocycles. The Kier molecular flexibility index (Phi) is 4.56. The Morgan fingerprint density at radius 3 is 2.50 bits per heavy atom. The fourth-order valence-corrected chi connectivity index (χ4v) is 1.69. The van der Waals surface area contributed by atoms with Crippen molar-refractivity contribution in [3.63, 3.8) is 0 Å². The second kappa shape index (κ2) is 5.74. The fraction of sp³-hybridized carbons (Fsp3) is 0.417. The van der Waals surface area contributed by atoms with Gasteiger partial charge in [-0.3, -0.25) is 0 Å². The molecular weight excluding hydrogens is 243 g/mol. The molecule has 0 saturated carbocycles. The molecule has 0 aliphatic rings. The topological polar surface area (TPSA) is 53.0 Å². The summed E-state index contributed by atoms with van der Waals surface area (Å²) >= 11 is 0. The average Bonchev–Trinajstić information content (AvgIpc) is 2.34. The van der Waals surface area contributed by atoms with Gasteiger partial charge in [0.15, 0.2) is 0 Å². The summed E-state index contributed by atoms with van der Waals surface area (Å²) in [6.07, 6.45) is -4.51. The van der Waals surface area contributed by atoms with Gasteiger partial charge in [0.25, 0.3) is 0 Å². The SMILES string of the molecule is CCN(CCN)c1ccc(C(F)(F)F)c(C#N)c1. The quantitative estimate of drug-likeness (QED) is 0.900. The molecule has 6 heteroatoms. The Bertz CT molecular complexity index is 449. The summed E-state index contributed by atoms with van der Waals surface area (Å²) in [5.41, 5.74) is 4.73. The zero-order chi connectivity index (χ0) is 13.8. The highest BCUT2D eigenvalue weighted by Gasteiger charge is 2.33. The minimum absolute atomic E-state index is 0.365. The molecule has 0 aromatic heterocycles. The van der Waals surface area contributed by atoms with Gasteiger partial charge in [0.05, 0.1) is 17.2 Å². The van der Waals surface area contributed by atoms with Crippen molar-refractivity contribution in [3.8, 4) is 6.07 Å². The number of benzene rings is 1. The molecule has 1 rings (SSSR count). The molecule has 98 valence electrons. The van der Waals surface area contributed by atoms with Gasteiger partial charge in [-0.2, -0.15) is 18.4 Å². The number of rotatable bonds is 4. The van der Waals surface area contributed by atoms with Crippen molar-refractivity contribution in [2.24, 2.45) is 5.73 Å². The number of nitrogens with zero attached hydrogens (tertiary/aromatic N) is 2. The van der Waals surface area contributed by atoms with Gasteiger partial charge in [-0.25, -0.2) is 0 Å². The third kappa shape index (κ3) is 3.14. The molecule has 0 radical (unpaired) electrons. The van der Waals surface area contributed by atoms with Gasteiger partial charge >= 0.3 is 6.18 Å². The third-order valence-corrected chi connectivity index (χ3v) is 2.57. The second-order valence-corrected chi connectivity index (χ2v) is 3.71. The molecule has 0 aliphatic heterocycles. The Hall–Kier alpha value is -1.74. The molecule has 2 N–H and O–H groups in total. The number of nitriles is 1. The van der Waals surface area contributed by atoms with Crippen molar-refractivity contribution in [3.05, 3.63) is 29.3 Å². The standard InChI is InChI=1S/C12H14F3N3/c1-2-18(6-5-16)10-3-4-11(12(13,14)15)9(7-10)8-17/h3-4,7H,2,5-6,16H2,1H3. The van der Waals surface area contributed by atoms with E-state index in [2.05, 4.69) is 0 Å². The normalized spacial score (nSPS) is 11.1. The maximum Gasteiger partial charge on any atom is 0.417 e. The number of hydrogen-bond acceptors (Lipinski definition) is 3. The van der Waals surface area contributed by atoms with Crippen LogP contribution in [0.5, 0.6) is 0 Å². The Balaban J connectivity index is 3.17. The zero-order valence-corrected chi connectivity index (χ0v) is 9.96. The maximum atomic E-state index is 12.6. The summed E-state index contributed by atoms with van der Waals surface area (Å²) in [7, 11) is 0. The molecule has 0 fully saturated rings. The van der Waals surface area contributed by atoms with Gasteiger partial charge in [0.1, 0.15) is 0 Å². The Labute approximate surface area is 104 Å². The number of likely N-dealkylation sites (N-methyl/N-ethyl adjacent to an activating group) is 1. The van der Waals surface area contributed by atoms with E-state index in [0.717, 1.165) is 6.07 Å². The number of nitrogens with two attached hydrogens (primary N) is 1. The van der Waals surface area contributed by atoms with Crippen LogP contribution in [0.3, 0.4) is 0 Å². The lowest BCUT2D eigenvalue weighted by molar-refractivity contribution is -0.137. The first kappa shape index (κ1) is 14.3. The van der Waals surface area contributed by atoms with Crippen LogP contribution in [0.2, 0.25) is 0 Å². The van der Waals surface area contributed by atoms with Gasteiger partial charge in [-0.05, 0) is 25.1 Å². The van der Waals surface area contributed by atoms with Crippen molar-refractivity contribution in [1.82, 2.24) is 0 Å². The van der Waals surface area contributed by atoms with E-state index in [4.69, 9.17) is 11.0 Å². The molecule has 1 aromatic carbocycles. The van der Waals surface area contributed by atoms with Crippen molar-refractivity contribution >= 4 is 5.69 Å². The van der Waals surface area contributed by atoms with Crippen LogP contribution >= 0.6 is 0 Å². The zero-order valence-electron chi connectivity index (χ0n) is 9.96. The summed E-state index contributed by atoms with van der Waals surface area (Å²) in [5.74, 6) is 0. The summed E-state index contributed by atoms with van der Waals surface area (Å²) < 4.78 is 37.8. The van der Waals surface area contributed by atoms with E-state index < -0.39 is 11.7 Å². The van der Waals surface area contributed by atoms with Crippen LogP contribution in [0.1, 0.15) is 18.1 Å². The third-order valence-electron chi connectivity index (χ3n) is 2.57. The molecule has 0 atom stereocenters. The maximum absolute atomic E-state index is 12.6. The number of alkyl halides is 3. The van der Waals surface area contributed by atoms with Gasteiger partial charge < -0.3 is 10.6 Å². The number of halogens is 3. The molecule has 0 bridgehead atoms. The van der Waals surface area contributed by atoms with Gasteiger partial charge in [0, 0.05) is 25.3 Å². The smallest absolute Gasteiger partial charge is 0.371 e. The van der Waals surface area contributed by atoms with Crippen LogP contribution in [0.15, 0.2) is 18.2 Å². The van der Waals surface area contributed by atoms with Crippen LogP contribution in [0, 0.1) is 11.3 Å². The Morgan fingerprint density at radius 1 is 1.39 bits per heavy atom. The van der Waals surface area contributed by atoms with Crippen molar-refractivity contribution < 1.29 is 13.2 Å². The minimum Gasteiger partial charge on any atom is -0.371 e. The molecule has 0 spiro atoms. The molecule has 1 aromatic rings. The molecule has 18 heavy (non-hydrogen) atoms. The van der Waals surface area contributed by atoms with E-state index in [-0.39, 0.29) is 5.56 Å². The van der Waals surface area contributed by atoms with E-state index in [1.54, 1.807) is 6.07 Å². The van der Waals surface area contributed by atoms with E-state index in [0.29, 0.717) is 25.3 Å². The lowest BCUT2D eigenvalue weighted by atomic mass is 10.1. The molecule has 0 unspecified atom stereocenters. The van der Waals surface area contributed by atoms with Crippen molar-refractivity contribution in [2.75, 3.05) is 24.5 Å². The summed E-state index contributed by atoms with van der Waals surface area (Å²) in [5, 5.41) is 8.80. The lowest BCUT2D eigenvalue weighted by Crippen LogP contribution is -2.29. The number of hydrogen-bond donors (Lipinski definition) is 1. The van der Waals surface area contributed by atoms with E-state index in [1.165, 1.54) is 12.1 Å². The molecule has 0 aliphatic carbocycles. The highest BCUT2D eigenvalue weighted by atomic mass is 19.4. The summed E-state index contributed by atoms with van der Waals surface area (Å²) in [6, 6.07) is 5.14. The van der Waals surface area contributed by atoms with Crippen molar-refractivity contribution in [2.45, 2.75) is 13.1 Å². The average molecular weight is 257 g/mol. The highest BCUT2D eigenvalue weighted by Crippen LogP contribution is 2.33. The monoisotopic (exact) mass is 257 g/mol. The van der Waals surface area contributed by atoms with Crippen molar-refractivity contribution in [1.29, 1.82) is 5.26 Å². The first-order chi connectivity index (χ1) is 8.43. The fourth-order valence-electron chi connectivity index (χ4n) is 1.69. The van der Waals surface area contributed by atoms with Crippen LogP contribution in [0.4, 0.5) is 18.9 Å². The first-order valence-corrected chi connectivity index (χ1v) is 5.50. The molecular formula is C12H14F3N3. The molecule has 3 nitrogen and oxygen atoms in total. The summed E-state index contributed by atoms with van der Waals surface area (Å²) in [6.45, 7) is 3.43. The van der Waals surface area contributed by atoms with E-state index in [1.807, 2.05) is 11.8 Å². The second-order valence-electron chi connectivity index (χ2n) is 3.71.